The Kier molecular flexibility index (Phi) is 7.06. The van der Waals surface area contributed by atoms with E-state index in [0.29, 0.717) is 35.8 Å². The summed E-state index contributed by atoms with van der Waals surface area (Å²) < 4.78 is 10.7. The number of hydrogen-bond donors (Lipinski definition) is 1. The lowest BCUT2D eigenvalue weighted by Gasteiger charge is -2.25. The topological polar surface area (TPSA) is 47.6 Å². The number of methoxy groups -OCH3 is 1. The van der Waals surface area contributed by atoms with Crippen LogP contribution in [0, 0.1) is 17.8 Å². The Labute approximate surface area is 127 Å². The van der Waals surface area contributed by atoms with Crippen LogP contribution in [0.1, 0.15) is 27.7 Å². The Morgan fingerprint density at radius 2 is 1.67 bits per heavy atom. The third-order valence-corrected chi connectivity index (χ3v) is 3.68. The molecule has 118 valence electrons. The van der Waals surface area contributed by atoms with Gasteiger partial charge in [-0.2, -0.15) is 0 Å². The molecule has 1 aromatic rings. The van der Waals surface area contributed by atoms with Crippen molar-refractivity contribution in [3.63, 3.8) is 0 Å². The minimum Gasteiger partial charge on any atom is -0.493 e. The highest BCUT2D eigenvalue weighted by molar-refractivity contribution is 5.77. The molecule has 0 aliphatic rings. The molecule has 21 heavy (non-hydrogen) atoms. The summed E-state index contributed by atoms with van der Waals surface area (Å²) in [6.45, 7) is 9.42. The minimum atomic E-state index is -0.104. The molecule has 1 aromatic carbocycles. The van der Waals surface area contributed by atoms with Crippen LogP contribution in [0.3, 0.4) is 0 Å². The van der Waals surface area contributed by atoms with E-state index in [9.17, 15) is 4.79 Å². The van der Waals surface area contributed by atoms with Gasteiger partial charge < -0.3 is 14.8 Å². The van der Waals surface area contributed by atoms with Crippen molar-refractivity contribution in [2.75, 3.05) is 20.3 Å². The number of carbonyl (C=O) groups excluding carboxylic acids is 1. The molecule has 0 aliphatic heterocycles. The third kappa shape index (κ3) is 5.66. The number of rotatable bonds is 8. The van der Waals surface area contributed by atoms with Crippen LogP contribution in [0.15, 0.2) is 24.3 Å². The van der Waals surface area contributed by atoms with Gasteiger partial charge >= 0.3 is 0 Å². The maximum absolute atomic E-state index is 11.9. The zero-order chi connectivity index (χ0) is 15.8. The highest BCUT2D eigenvalue weighted by Crippen LogP contribution is 2.25. The van der Waals surface area contributed by atoms with Crippen LogP contribution < -0.4 is 14.8 Å². The average Bonchev–Trinajstić information content (AvgIpc) is 2.44. The van der Waals surface area contributed by atoms with Gasteiger partial charge in [0.1, 0.15) is 0 Å². The summed E-state index contributed by atoms with van der Waals surface area (Å²) in [6, 6.07) is 7.31. The van der Waals surface area contributed by atoms with Crippen LogP contribution in [0.2, 0.25) is 0 Å². The Bertz CT molecular complexity index is 435. The molecule has 0 unspecified atom stereocenters. The van der Waals surface area contributed by atoms with E-state index in [1.165, 1.54) is 0 Å². The number of amides is 1. The van der Waals surface area contributed by atoms with E-state index >= 15 is 0 Å². The van der Waals surface area contributed by atoms with Crippen LogP contribution in [0.4, 0.5) is 0 Å². The lowest BCUT2D eigenvalue weighted by molar-refractivity contribution is -0.123. The maximum atomic E-state index is 11.9. The zero-order valence-corrected chi connectivity index (χ0v) is 13.7. The van der Waals surface area contributed by atoms with Crippen molar-refractivity contribution in [3.8, 4) is 11.5 Å². The first-order chi connectivity index (χ1) is 9.95. The zero-order valence-electron chi connectivity index (χ0n) is 13.7. The molecule has 0 spiro atoms. The summed E-state index contributed by atoms with van der Waals surface area (Å²) in [5.74, 6) is 2.67. The first kappa shape index (κ1) is 17.3. The molecule has 0 fully saturated rings. The quantitative estimate of drug-likeness (QED) is 0.801. The fourth-order valence-electron chi connectivity index (χ4n) is 2.41. The maximum Gasteiger partial charge on any atom is 0.257 e. The van der Waals surface area contributed by atoms with Crippen molar-refractivity contribution in [1.29, 1.82) is 0 Å². The Morgan fingerprint density at radius 3 is 2.19 bits per heavy atom. The molecule has 0 atom stereocenters. The fourth-order valence-corrected chi connectivity index (χ4v) is 2.41. The highest BCUT2D eigenvalue weighted by Gasteiger charge is 2.18. The second kappa shape index (κ2) is 8.55. The largest absolute Gasteiger partial charge is 0.493 e. The normalized spacial score (nSPS) is 11.0. The van der Waals surface area contributed by atoms with E-state index in [1.807, 2.05) is 12.1 Å². The molecule has 1 rings (SSSR count). The van der Waals surface area contributed by atoms with Crippen LogP contribution in [0.25, 0.3) is 0 Å². The summed E-state index contributed by atoms with van der Waals surface area (Å²) in [6.07, 6.45) is 0. The van der Waals surface area contributed by atoms with Gasteiger partial charge in [-0.05, 0) is 29.9 Å². The van der Waals surface area contributed by atoms with Crippen molar-refractivity contribution in [1.82, 2.24) is 5.32 Å². The number of para-hydroxylation sites is 2. The number of hydrogen-bond acceptors (Lipinski definition) is 3. The molecule has 0 heterocycles. The summed E-state index contributed by atoms with van der Waals surface area (Å²) in [7, 11) is 1.58. The summed E-state index contributed by atoms with van der Waals surface area (Å²) in [5, 5.41) is 2.95. The van der Waals surface area contributed by atoms with Crippen molar-refractivity contribution < 1.29 is 14.3 Å². The van der Waals surface area contributed by atoms with E-state index in [4.69, 9.17) is 9.47 Å². The fraction of sp³-hybridized carbons (Fsp3) is 0.588. The van der Waals surface area contributed by atoms with Crippen LogP contribution >= 0.6 is 0 Å². The second-order valence-corrected chi connectivity index (χ2v) is 5.90. The average molecular weight is 293 g/mol. The molecule has 0 saturated carbocycles. The van der Waals surface area contributed by atoms with Crippen LogP contribution in [0.5, 0.6) is 11.5 Å². The monoisotopic (exact) mass is 293 g/mol. The number of benzene rings is 1. The molecule has 4 heteroatoms. The smallest absolute Gasteiger partial charge is 0.257 e. The van der Waals surface area contributed by atoms with Gasteiger partial charge in [-0.3, -0.25) is 4.79 Å². The third-order valence-electron chi connectivity index (χ3n) is 3.68. The summed E-state index contributed by atoms with van der Waals surface area (Å²) >= 11 is 0. The van der Waals surface area contributed by atoms with Gasteiger partial charge in [0.25, 0.3) is 5.91 Å². The summed E-state index contributed by atoms with van der Waals surface area (Å²) in [4.78, 5) is 11.9. The van der Waals surface area contributed by atoms with E-state index < -0.39 is 0 Å². The summed E-state index contributed by atoms with van der Waals surface area (Å²) in [5.41, 5.74) is 0. The SMILES string of the molecule is COc1ccccc1OCC(=O)NCC(C(C)C)C(C)C. The predicted octanol–water partition coefficient (Wildman–Crippen LogP) is 3.12. The van der Waals surface area contributed by atoms with E-state index in [1.54, 1.807) is 19.2 Å². The Morgan fingerprint density at radius 1 is 1.10 bits per heavy atom. The van der Waals surface area contributed by atoms with Crippen molar-refractivity contribution in [2.45, 2.75) is 27.7 Å². The van der Waals surface area contributed by atoms with Gasteiger partial charge in [-0.1, -0.05) is 39.8 Å². The van der Waals surface area contributed by atoms with E-state index in [-0.39, 0.29) is 12.5 Å². The highest BCUT2D eigenvalue weighted by atomic mass is 16.5. The first-order valence-corrected chi connectivity index (χ1v) is 7.48. The Balaban J connectivity index is 2.44. The number of carbonyl (C=O) groups is 1. The number of nitrogens with one attached hydrogen (secondary N) is 1. The molecule has 0 bridgehead atoms. The molecule has 0 aromatic heterocycles. The first-order valence-electron chi connectivity index (χ1n) is 7.48. The standard InChI is InChI=1S/C17H27NO3/c1-12(2)14(13(3)4)10-18-17(19)11-21-16-9-7-6-8-15(16)20-5/h6-9,12-14H,10-11H2,1-5H3,(H,18,19). The van der Waals surface area contributed by atoms with Crippen molar-refractivity contribution >= 4 is 5.91 Å². The van der Waals surface area contributed by atoms with Crippen molar-refractivity contribution in [3.05, 3.63) is 24.3 Å². The van der Waals surface area contributed by atoms with Crippen LogP contribution in [-0.4, -0.2) is 26.2 Å². The molecule has 0 aliphatic carbocycles. The second-order valence-electron chi connectivity index (χ2n) is 5.90. The van der Waals surface area contributed by atoms with Gasteiger partial charge in [0, 0.05) is 6.54 Å². The molecule has 0 saturated heterocycles. The predicted molar refractivity (Wildman–Crippen MR) is 84.7 cm³/mol. The van der Waals surface area contributed by atoms with Crippen molar-refractivity contribution in [2.24, 2.45) is 17.8 Å². The van der Waals surface area contributed by atoms with Gasteiger partial charge in [0.05, 0.1) is 7.11 Å². The van der Waals surface area contributed by atoms with Gasteiger partial charge in [-0.25, -0.2) is 0 Å². The lowest BCUT2D eigenvalue weighted by atomic mass is 9.85. The number of ether oxygens (including phenoxy) is 2. The van der Waals surface area contributed by atoms with Crippen LogP contribution in [-0.2, 0) is 4.79 Å². The molecule has 0 radical (unpaired) electrons. The van der Waals surface area contributed by atoms with Gasteiger partial charge in [0.15, 0.2) is 18.1 Å². The van der Waals surface area contributed by atoms with E-state index in [2.05, 4.69) is 33.0 Å². The molecular weight excluding hydrogens is 266 g/mol. The van der Waals surface area contributed by atoms with E-state index in [0.717, 1.165) is 0 Å². The molecule has 1 N–H and O–H groups in total. The lowest BCUT2D eigenvalue weighted by Crippen LogP contribution is -2.36. The van der Waals surface area contributed by atoms with Gasteiger partial charge in [0.2, 0.25) is 0 Å². The molecule has 4 nitrogen and oxygen atoms in total. The molecular formula is C17H27NO3. The minimum absolute atomic E-state index is 0.00326. The molecule has 1 amide bonds. The Hall–Kier alpha value is -1.71. The van der Waals surface area contributed by atoms with Gasteiger partial charge in [-0.15, -0.1) is 0 Å².